The van der Waals surface area contributed by atoms with E-state index in [-0.39, 0.29) is 17.6 Å². The number of ether oxygens (including phenoxy) is 1. The van der Waals surface area contributed by atoms with E-state index in [4.69, 9.17) is 10.5 Å². The Hall–Kier alpha value is -1.14. The molecule has 19 heavy (non-hydrogen) atoms. The maximum absolute atomic E-state index is 13.2. The van der Waals surface area contributed by atoms with Gasteiger partial charge >= 0.3 is 6.18 Å². The zero-order valence-corrected chi connectivity index (χ0v) is 10.4. The molecule has 0 aromatic heterocycles. The van der Waals surface area contributed by atoms with Gasteiger partial charge in [0, 0.05) is 6.61 Å². The van der Waals surface area contributed by atoms with Crippen LogP contribution in [0.4, 0.5) is 17.6 Å². The van der Waals surface area contributed by atoms with Gasteiger partial charge in [-0.25, -0.2) is 4.39 Å². The molecule has 0 radical (unpaired) electrons. The second-order valence-corrected chi connectivity index (χ2v) is 4.86. The van der Waals surface area contributed by atoms with Crippen molar-refractivity contribution in [3.63, 3.8) is 0 Å². The summed E-state index contributed by atoms with van der Waals surface area (Å²) in [5.41, 5.74) is 4.90. The topological polar surface area (TPSA) is 35.2 Å². The Morgan fingerprint density at radius 1 is 1.37 bits per heavy atom. The first-order valence-corrected chi connectivity index (χ1v) is 6.04. The molecule has 0 saturated carbocycles. The smallest absolute Gasteiger partial charge is 0.376 e. The second-order valence-electron chi connectivity index (χ2n) is 4.86. The molecule has 2 nitrogen and oxygen atoms in total. The van der Waals surface area contributed by atoms with Crippen LogP contribution < -0.4 is 5.73 Å². The molecule has 0 spiro atoms. The Balaban J connectivity index is 2.30. The molecule has 0 aliphatic carbocycles. The van der Waals surface area contributed by atoms with E-state index in [0.717, 1.165) is 18.6 Å². The highest BCUT2D eigenvalue weighted by atomic mass is 19.4. The van der Waals surface area contributed by atoms with E-state index in [1.54, 1.807) is 0 Å². The molecule has 2 N–H and O–H groups in total. The molecule has 0 bridgehead atoms. The van der Waals surface area contributed by atoms with E-state index in [1.165, 1.54) is 6.07 Å². The molecule has 1 aromatic rings. The molecule has 106 valence electrons. The van der Waals surface area contributed by atoms with Crippen molar-refractivity contribution in [1.82, 2.24) is 0 Å². The lowest BCUT2D eigenvalue weighted by atomic mass is 9.92. The highest BCUT2D eigenvalue weighted by Crippen LogP contribution is 2.35. The van der Waals surface area contributed by atoms with Gasteiger partial charge in [0.1, 0.15) is 5.82 Å². The van der Waals surface area contributed by atoms with Crippen molar-refractivity contribution in [3.05, 3.63) is 35.1 Å². The van der Waals surface area contributed by atoms with Crippen molar-refractivity contribution in [2.45, 2.75) is 31.7 Å². The minimum Gasteiger partial charge on any atom is -0.376 e. The molecule has 1 aliphatic heterocycles. The molecule has 1 aromatic carbocycles. The Labute approximate surface area is 108 Å². The summed E-state index contributed by atoms with van der Waals surface area (Å²) in [4.78, 5) is 0. The molecule has 2 rings (SSSR count). The van der Waals surface area contributed by atoms with Crippen LogP contribution in [0.3, 0.4) is 0 Å². The highest BCUT2D eigenvalue weighted by molar-refractivity contribution is 5.30. The third-order valence-electron chi connectivity index (χ3n) is 3.48. The number of hydrogen-bond acceptors (Lipinski definition) is 2. The maximum Gasteiger partial charge on any atom is 0.419 e. The average molecular weight is 277 g/mol. The van der Waals surface area contributed by atoms with E-state index in [9.17, 15) is 17.6 Å². The lowest BCUT2D eigenvalue weighted by Gasteiger charge is -2.23. The molecule has 1 aliphatic rings. The molecule has 3 unspecified atom stereocenters. The Morgan fingerprint density at radius 3 is 2.58 bits per heavy atom. The fraction of sp³-hybridized carbons (Fsp3) is 0.538. The Morgan fingerprint density at radius 2 is 2.05 bits per heavy atom. The summed E-state index contributed by atoms with van der Waals surface area (Å²) in [6.07, 6.45) is -4.22. The average Bonchev–Trinajstić information content (AvgIpc) is 2.73. The van der Waals surface area contributed by atoms with Crippen LogP contribution in [0, 0.1) is 11.7 Å². The first kappa shape index (κ1) is 14.3. The summed E-state index contributed by atoms with van der Waals surface area (Å²) < 4.78 is 56.5. The van der Waals surface area contributed by atoms with Gasteiger partial charge in [-0.3, -0.25) is 0 Å². The SMILES string of the molecule is CC1CCOC1C(N)c1ccc(F)c(C(F)(F)F)c1. The minimum absolute atomic E-state index is 0.175. The van der Waals surface area contributed by atoms with E-state index in [1.807, 2.05) is 6.92 Å². The van der Waals surface area contributed by atoms with Gasteiger partial charge in [-0.2, -0.15) is 13.2 Å². The molecule has 1 saturated heterocycles. The molecule has 0 amide bonds. The largest absolute Gasteiger partial charge is 0.419 e. The number of hydrogen-bond donors (Lipinski definition) is 1. The van der Waals surface area contributed by atoms with Crippen molar-refractivity contribution < 1.29 is 22.3 Å². The summed E-state index contributed by atoms with van der Waals surface area (Å²) in [7, 11) is 0. The third kappa shape index (κ3) is 2.90. The second kappa shape index (κ2) is 5.09. The van der Waals surface area contributed by atoms with Gasteiger partial charge in [0.05, 0.1) is 17.7 Å². The molecular weight excluding hydrogens is 262 g/mol. The zero-order valence-electron chi connectivity index (χ0n) is 10.4. The summed E-state index contributed by atoms with van der Waals surface area (Å²) in [5.74, 6) is -1.11. The van der Waals surface area contributed by atoms with Crippen molar-refractivity contribution >= 4 is 0 Å². The van der Waals surface area contributed by atoms with Crippen LogP contribution in [0.15, 0.2) is 18.2 Å². The Bertz CT molecular complexity index is 460. The fourth-order valence-electron chi connectivity index (χ4n) is 2.33. The van der Waals surface area contributed by atoms with E-state index < -0.39 is 23.6 Å². The molecule has 6 heteroatoms. The maximum atomic E-state index is 13.2. The fourth-order valence-corrected chi connectivity index (χ4v) is 2.33. The van der Waals surface area contributed by atoms with E-state index in [0.29, 0.717) is 6.61 Å². The van der Waals surface area contributed by atoms with Gasteiger partial charge in [-0.1, -0.05) is 13.0 Å². The highest BCUT2D eigenvalue weighted by Gasteiger charge is 2.36. The summed E-state index contributed by atoms with van der Waals surface area (Å²) in [5, 5.41) is 0. The first-order chi connectivity index (χ1) is 8.80. The van der Waals surface area contributed by atoms with Gasteiger partial charge in [0.2, 0.25) is 0 Å². The van der Waals surface area contributed by atoms with Crippen LogP contribution >= 0.6 is 0 Å². The number of halogens is 4. The summed E-state index contributed by atoms with van der Waals surface area (Å²) in [6, 6.07) is 2.18. The lowest BCUT2D eigenvalue weighted by molar-refractivity contribution is -0.140. The van der Waals surface area contributed by atoms with E-state index in [2.05, 4.69) is 0 Å². The minimum atomic E-state index is -4.72. The Kier molecular flexibility index (Phi) is 3.82. The summed E-state index contributed by atoms with van der Waals surface area (Å²) in [6.45, 7) is 2.48. The number of nitrogens with two attached hydrogens (primary N) is 1. The van der Waals surface area contributed by atoms with Crippen molar-refractivity contribution in [1.29, 1.82) is 0 Å². The van der Waals surface area contributed by atoms with Gasteiger partial charge in [0.25, 0.3) is 0 Å². The van der Waals surface area contributed by atoms with Gasteiger partial charge in [-0.15, -0.1) is 0 Å². The van der Waals surface area contributed by atoms with Crippen LogP contribution in [0.2, 0.25) is 0 Å². The standard InChI is InChI=1S/C13H15F4NO/c1-7-4-5-19-12(7)11(18)8-2-3-10(14)9(6-8)13(15,16)17/h2-3,6-7,11-12H,4-5,18H2,1H3. The van der Waals surface area contributed by atoms with Crippen LogP contribution in [0.1, 0.15) is 30.5 Å². The number of alkyl halides is 3. The predicted octanol–water partition coefficient (Wildman–Crippen LogP) is 3.27. The van der Waals surface area contributed by atoms with Crippen LogP contribution in [0.5, 0.6) is 0 Å². The van der Waals surface area contributed by atoms with Crippen LogP contribution in [-0.4, -0.2) is 12.7 Å². The number of benzene rings is 1. The van der Waals surface area contributed by atoms with Gasteiger partial charge in [0.15, 0.2) is 0 Å². The molecule has 3 atom stereocenters. The van der Waals surface area contributed by atoms with Gasteiger partial charge < -0.3 is 10.5 Å². The van der Waals surface area contributed by atoms with Crippen molar-refractivity contribution in [3.8, 4) is 0 Å². The summed E-state index contributed by atoms with van der Waals surface area (Å²) >= 11 is 0. The van der Waals surface area contributed by atoms with Crippen LogP contribution in [0.25, 0.3) is 0 Å². The van der Waals surface area contributed by atoms with E-state index >= 15 is 0 Å². The molecule has 1 fully saturated rings. The molecule has 1 heterocycles. The molecular formula is C13H15F4NO. The third-order valence-corrected chi connectivity index (χ3v) is 3.48. The van der Waals surface area contributed by atoms with Crippen molar-refractivity contribution in [2.24, 2.45) is 11.7 Å². The number of rotatable bonds is 2. The normalized spacial score (nSPS) is 25.6. The zero-order chi connectivity index (χ0) is 14.2. The monoisotopic (exact) mass is 277 g/mol. The predicted molar refractivity (Wildman–Crippen MR) is 61.9 cm³/mol. The lowest BCUT2D eigenvalue weighted by Crippen LogP contribution is -2.30. The quantitative estimate of drug-likeness (QED) is 0.842. The van der Waals surface area contributed by atoms with Gasteiger partial charge in [-0.05, 0) is 30.0 Å². The van der Waals surface area contributed by atoms with Crippen molar-refractivity contribution in [2.75, 3.05) is 6.61 Å². The van der Waals surface area contributed by atoms with Crippen LogP contribution in [-0.2, 0) is 10.9 Å². The first-order valence-electron chi connectivity index (χ1n) is 6.04.